The van der Waals surface area contributed by atoms with Gasteiger partial charge in [0.25, 0.3) is 5.22 Å². The van der Waals surface area contributed by atoms with E-state index >= 15 is 0 Å². The molecule has 0 saturated heterocycles. The van der Waals surface area contributed by atoms with Crippen molar-refractivity contribution in [3.05, 3.63) is 35.7 Å². The highest BCUT2D eigenvalue weighted by atomic mass is 32.2. The summed E-state index contributed by atoms with van der Waals surface area (Å²) >= 11 is 1.13. The SMILES string of the molecule is COc1ccc(Cc2nnc(SCC(=O)NCC(=O)NC(C)C)o2)cc1. The third-order valence-corrected chi connectivity index (χ3v) is 4.00. The number of ether oxygens (including phenoxy) is 1. The average Bonchev–Trinajstić information content (AvgIpc) is 3.05. The van der Waals surface area contributed by atoms with E-state index in [4.69, 9.17) is 9.15 Å². The Morgan fingerprint density at radius 2 is 1.92 bits per heavy atom. The fraction of sp³-hybridized carbons (Fsp3) is 0.412. The van der Waals surface area contributed by atoms with Crippen LogP contribution in [0.3, 0.4) is 0 Å². The fourth-order valence-corrected chi connectivity index (χ4v) is 2.63. The van der Waals surface area contributed by atoms with Crippen LogP contribution in [0.5, 0.6) is 5.75 Å². The van der Waals surface area contributed by atoms with Gasteiger partial charge in [-0.25, -0.2) is 0 Å². The number of rotatable bonds is 9. The Labute approximate surface area is 156 Å². The number of carbonyl (C=O) groups is 2. The predicted octanol–water partition coefficient (Wildman–Crippen LogP) is 1.40. The lowest BCUT2D eigenvalue weighted by Crippen LogP contribution is -2.40. The normalized spacial score (nSPS) is 10.6. The lowest BCUT2D eigenvalue weighted by molar-refractivity contribution is -0.125. The molecular weight excluding hydrogens is 356 g/mol. The molecule has 0 unspecified atom stereocenters. The summed E-state index contributed by atoms with van der Waals surface area (Å²) in [5.41, 5.74) is 1.01. The van der Waals surface area contributed by atoms with Crippen molar-refractivity contribution < 1.29 is 18.7 Å². The van der Waals surface area contributed by atoms with Gasteiger partial charge in [-0.15, -0.1) is 10.2 Å². The average molecular weight is 378 g/mol. The Kier molecular flexibility index (Phi) is 7.46. The van der Waals surface area contributed by atoms with Gasteiger partial charge in [-0.1, -0.05) is 23.9 Å². The summed E-state index contributed by atoms with van der Waals surface area (Å²) in [5.74, 6) is 0.846. The zero-order valence-corrected chi connectivity index (χ0v) is 15.8. The van der Waals surface area contributed by atoms with Crippen molar-refractivity contribution in [3.63, 3.8) is 0 Å². The van der Waals surface area contributed by atoms with Crippen molar-refractivity contribution in [2.24, 2.45) is 0 Å². The van der Waals surface area contributed by atoms with E-state index in [0.717, 1.165) is 23.1 Å². The van der Waals surface area contributed by atoms with Crippen LogP contribution in [0.1, 0.15) is 25.3 Å². The molecule has 0 atom stereocenters. The molecule has 0 fully saturated rings. The van der Waals surface area contributed by atoms with Crippen molar-refractivity contribution in [3.8, 4) is 5.75 Å². The number of nitrogens with one attached hydrogen (secondary N) is 2. The van der Waals surface area contributed by atoms with Crippen molar-refractivity contribution >= 4 is 23.6 Å². The second kappa shape index (κ2) is 9.81. The molecule has 2 N–H and O–H groups in total. The molecule has 1 aromatic carbocycles. The summed E-state index contributed by atoms with van der Waals surface area (Å²) in [5, 5.41) is 13.4. The Hall–Kier alpha value is -2.55. The number of hydrogen-bond acceptors (Lipinski definition) is 7. The Balaban J connectivity index is 1.75. The van der Waals surface area contributed by atoms with Crippen LogP contribution in [0.25, 0.3) is 0 Å². The number of carbonyl (C=O) groups excluding carboxylic acids is 2. The second-order valence-corrected chi connectivity index (χ2v) is 6.70. The number of nitrogens with zero attached hydrogens (tertiary/aromatic N) is 2. The molecule has 0 radical (unpaired) electrons. The van der Waals surface area contributed by atoms with Crippen LogP contribution < -0.4 is 15.4 Å². The Morgan fingerprint density at radius 1 is 1.19 bits per heavy atom. The van der Waals surface area contributed by atoms with Crippen molar-refractivity contribution in [1.82, 2.24) is 20.8 Å². The maximum atomic E-state index is 11.8. The Bertz CT molecular complexity index is 731. The maximum absolute atomic E-state index is 11.8. The third kappa shape index (κ3) is 6.75. The first-order valence-corrected chi connectivity index (χ1v) is 9.09. The second-order valence-electron chi connectivity index (χ2n) is 5.77. The van der Waals surface area contributed by atoms with Gasteiger partial charge in [0.2, 0.25) is 17.7 Å². The molecule has 0 bridgehead atoms. The molecule has 2 aromatic rings. The number of amides is 2. The maximum Gasteiger partial charge on any atom is 0.277 e. The third-order valence-electron chi connectivity index (χ3n) is 3.19. The Morgan fingerprint density at radius 3 is 2.58 bits per heavy atom. The number of benzene rings is 1. The van der Waals surface area contributed by atoms with Gasteiger partial charge in [0.15, 0.2) is 0 Å². The molecule has 1 heterocycles. The molecule has 0 saturated carbocycles. The number of methoxy groups -OCH3 is 1. The topological polar surface area (TPSA) is 106 Å². The zero-order chi connectivity index (χ0) is 18.9. The van der Waals surface area contributed by atoms with E-state index in [0.29, 0.717) is 17.5 Å². The molecular formula is C17H22N4O4S. The fourth-order valence-electron chi connectivity index (χ4n) is 2.02. The van der Waals surface area contributed by atoms with Crippen LogP contribution in [0.4, 0.5) is 0 Å². The van der Waals surface area contributed by atoms with Gasteiger partial charge in [-0.3, -0.25) is 9.59 Å². The van der Waals surface area contributed by atoms with Gasteiger partial charge >= 0.3 is 0 Å². The van der Waals surface area contributed by atoms with Crippen molar-refractivity contribution in [1.29, 1.82) is 0 Å². The minimum atomic E-state index is -0.274. The smallest absolute Gasteiger partial charge is 0.277 e. The molecule has 0 aliphatic rings. The molecule has 2 amide bonds. The summed E-state index contributed by atoms with van der Waals surface area (Å²) in [6.07, 6.45) is 0.499. The van der Waals surface area contributed by atoms with Crippen LogP contribution in [-0.2, 0) is 16.0 Å². The highest BCUT2D eigenvalue weighted by molar-refractivity contribution is 7.99. The van der Waals surface area contributed by atoms with Crippen LogP contribution in [0.15, 0.2) is 33.9 Å². The minimum Gasteiger partial charge on any atom is -0.497 e. The summed E-state index contributed by atoms with van der Waals surface area (Å²) in [6, 6.07) is 7.61. The molecule has 26 heavy (non-hydrogen) atoms. The highest BCUT2D eigenvalue weighted by Crippen LogP contribution is 2.18. The highest BCUT2D eigenvalue weighted by Gasteiger charge is 2.11. The first-order valence-electron chi connectivity index (χ1n) is 8.10. The van der Waals surface area contributed by atoms with E-state index in [-0.39, 0.29) is 30.2 Å². The standard InChI is InChI=1S/C17H22N4O4S/c1-11(2)19-14(22)9-18-15(23)10-26-17-21-20-16(25-17)8-12-4-6-13(24-3)7-5-12/h4-7,11H,8-10H2,1-3H3,(H,18,23)(H,19,22). The van der Waals surface area contributed by atoms with E-state index in [1.54, 1.807) is 7.11 Å². The van der Waals surface area contributed by atoms with Crippen molar-refractivity contribution in [2.75, 3.05) is 19.4 Å². The van der Waals surface area contributed by atoms with E-state index in [2.05, 4.69) is 20.8 Å². The van der Waals surface area contributed by atoms with Gasteiger partial charge in [0.05, 0.1) is 25.8 Å². The molecule has 0 spiro atoms. The summed E-state index contributed by atoms with van der Waals surface area (Å²) in [6.45, 7) is 3.66. The van der Waals surface area contributed by atoms with Gasteiger partial charge in [0, 0.05) is 6.04 Å². The van der Waals surface area contributed by atoms with Gasteiger partial charge in [0.1, 0.15) is 5.75 Å². The monoisotopic (exact) mass is 378 g/mol. The molecule has 140 valence electrons. The lowest BCUT2D eigenvalue weighted by Gasteiger charge is -2.08. The van der Waals surface area contributed by atoms with Crippen LogP contribution in [-0.4, -0.2) is 47.5 Å². The zero-order valence-electron chi connectivity index (χ0n) is 14.9. The quantitative estimate of drug-likeness (QED) is 0.635. The number of aromatic nitrogens is 2. The summed E-state index contributed by atoms with van der Waals surface area (Å²) < 4.78 is 10.6. The van der Waals surface area contributed by atoms with Crippen LogP contribution >= 0.6 is 11.8 Å². The minimum absolute atomic E-state index is 0.0382. The first-order chi connectivity index (χ1) is 12.5. The van der Waals surface area contributed by atoms with Gasteiger partial charge in [-0.2, -0.15) is 0 Å². The predicted molar refractivity (Wildman–Crippen MR) is 97.1 cm³/mol. The van der Waals surface area contributed by atoms with E-state index in [1.807, 2.05) is 38.1 Å². The van der Waals surface area contributed by atoms with Crippen LogP contribution in [0, 0.1) is 0 Å². The number of hydrogen-bond donors (Lipinski definition) is 2. The number of thioether (sulfide) groups is 1. The van der Waals surface area contributed by atoms with Gasteiger partial charge in [-0.05, 0) is 31.5 Å². The summed E-state index contributed by atoms with van der Waals surface area (Å²) in [7, 11) is 1.61. The molecule has 8 nitrogen and oxygen atoms in total. The molecule has 2 rings (SSSR count). The van der Waals surface area contributed by atoms with Crippen molar-refractivity contribution in [2.45, 2.75) is 31.5 Å². The molecule has 9 heteroatoms. The molecule has 0 aliphatic heterocycles. The van der Waals surface area contributed by atoms with E-state index in [1.165, 1.54) is 0 Å². The lowest BCUT2D eigenvalue weighted by atomic mass is 10.1. The van der Waals surface area contributed by atoms with Gasteiger partial charge < -0.3 is 19.8 Å². The molecule has 0 aliphatic carbocycles. The first kappa shape index (κ1) is 19.8. The largest absolute Gasteiger partial charge is 0.497 e. The van der Waals surface area contributed by atoms with E-state index < -0.39 is 0 Å². The summed E-state index contributed by atoms with van der Waals surface area (Å²) in [4.78, 5) is 23.2. The van der Waals surface area contributed by atoms with E-state index in [9.17, 15) is 9.59 Å². The molecule has 1 aromatic heterocycles. The van der Waals surface area contributed by atoms with Crippen LogP contribution in [0.2, 0.25) is 0 Å².